The van der Waals surface area contributed by atoms with Gasteiger partial charge in [0.2, 0.25) is 0 Å². The van der Waals surface area contributed by atoms with Crippen LogP contribution in [0.3, 0.4) is 0 Å². The molecule has 0 bridgehead atoms. The first-order valence-corrected chi connectivity index (χ1v) is 6.39. The summed E-state index contributed by atoms with van der Waals surface area (Å²) in [5.41, 5.74) is 8.78. The van der Waals surface area contributed by atoms with Crippen molar-refractivity contribution in [3.8, 4) is 11.4 Å². The van der Waals surface area contributed by atoms with Crippen LogP contribution in [-0.2, 0) is 0 Å². The molecule has 0 spiro atoms. The van der Waals surface area contributed by atoms with Gasteiger partial charge < -0.3 is 5.73 Å². The highest BCUT2D eigenvalue weighted by Gasteiger charge is 2.22. The van der Waals surface area contributed by atoms with Crippen molar-refractivity contribution in [2.24, 2.45) is 0 Å². The molecule has 3 rings (SSSR count). The van der Waals surface area contributed by atoms with Crippen LogP contribution < -0.4 is 5.73 Å². The van der Waals surface area contributed by atoms with Gasteiger partial charge in [-0.15, -0.1) is 5.10 Å². The molecule has 2 aromatic rings. The van der Waals surface area contributed by atoms with E-state index in [0.29, 0.717) is 6.04 Å². The van der Waals surface area contributed by atoms with Gasteiger partial charge in [0, 0.05) is 11.3 Å². The van der Waals surface area contributed by atoms with Gasteiger partial charge in [0.1, 0.15) is 0 Å². The summed E-state index contributed by atoms with van der Waals surface area (Å²) in [4.78, 5) is 0. The van der Waals surface area contributed by atoms with Crippen LogP contribution in [0.25, 0.3) is 11.4 Å². The zero-order valence-corrected chi connectivity index (χ0v) is 10.5. The number of tetrazole rings is 1. The van der Waals surface area contributed by atoms with E-state index in [9.17, 15) is 0 Å². The molecular formula is C13H17N5. The molecule has 2 N–H and O–H groups in total. The summed E-state index contributed by atoms with van der Waals surface area (Å²) < 4.78 is 1.96. The van der Waals surface area contributed by atoms with E-state index in [2.05, 4.69) is 21.6 Å². The van der Waals surface area contributed by atoms with Crippen LogP contribution in [0, 0.1) is 6.92 Å². The van der Waals surface area contributed by atoms with Gasteiger partial charge in [-0.05, 0) is 54.0 Å². The van der Waals surface area contributed by atoms with Crippen molar-refractivity contribution in [2.75, 3.05) is 5.73 Å². The fraction of sp³-hybridized carbons (Fsp3) is 0.462. The van der Waals surface area contributed by atoms with Crippen molar-refractivity contribution < 1.29 is 0 Å². The van der Waals surface area contributed by atoms with Crippen LogP contribution >= 0.6 is 0 Å². The van der Waals surface area contributed by atoms with Gasteiger partial charge >= 0.3 is 0 Å². The number of nitrogen functional groups attached to an aromatic ring is 1. The Balaban J connectivity index is 2.03. The number of nitrogens with two attached hydrogens (primary N) is 1. The molecule has 5 nitrogen and oxygen atoms in total. The summed E-state index contributed by atoms with van der Waals surface area (Å²) >= 11 is 0. The number of aryl methyl sites for hydroxylation is 1. The SMILES string of the molecule is Cc1cc(N)cc(-c2nnnn2C2CCCC2)c1. The summed E-state index contributed by atoms with van der Waals surface area (Å²) in [7, 11) is 0. The highest BCUT2D eigenvalue weighted by molar-refractivity contribution is 5.62. The van der Waals surface area contributed by atoms with Gasteiger partial charge in [0.15, 0.2) is 5.82 Å². The van der Waals surface area contributed by atoms with Crippen molar-refractivity contribution >= 4 is 5.69 Å². The van der Waals surface area contributed by atoms with Crippen molar-refractivity contribution in [2.45, 2.75) is 38.6 Å². The van der Waals surface area contributed by atoms with E-state index in [1.165, 1.54) is 25.7 Å². The first-order valence-electron chi connectivity index (χ1n) is 6.39. The quantitative estimate of drug-likeness (QED) is 0.822. The third kappa shape index (κ3) is 1.96. The average molecular weight is 243 g/mol. The molecule has 0 aliphatic heterocycles. The van der Waals surface area contributed by atoms with Crippen LogP contribution in [0.5, 0.6) is 0 Å². The fourth-order valence-electron chi connectivity index (χ4n) is 2.72. The van der Waals surface area contributed by atoms with E-state index < -0.39 is 0 Å². The molecule has 1 aromatic heterocycles. The number of benzene rings is 1. The minimum absolute atomic E-state index is 0.441. The Bertz CT molecular complexity index is 534. The van der Waals surface area contributed by atoms with Crippen molar-refractivity contribution in [1.29, 1.82) is 0 Å². The van der Waals surface area contributed by atoms with Gasteiger partial charge in [-0.1, -0.05) is 12.8 Å². The van der Waals surface area contributed by atoms with Crippen LogP contribution in [0.4, 0.5) is 5.69 Å². The van der Waals surface area contributed by atoms with Gasteiger partial charge in [-0.2, -0.15) is 0 Å². The minimum Gasteiger partial charge on any atom is -0.399 e. The number of anilines is 1. The van der Waals surface area contributed by atoms with E-state index in [-0.39, 0.29) is 0 Å². The minimum atomic E-state index is 0.441. The molecule has 0 amide bonds. The second kappa shape index (κ2) is 4.40. The molecule has 18 heavy (non-hydrogen) atoms. The number of hydrogen-bond donors (Lipinski definition) is 1. The van der Waals surface area contributed by atoms with E-state index in [4.69, 9.17) is 5.73 Å². The van der Waals surface area contributed by atoms with Crippen molar-refractivity contribution in [3.05, 3.63) is 23.8 Å². The predicted molar refractivity (Wildman–Crippen MR) is 69.9 cm³/mol. The smallest absolute Gasteiger partial charge is 0.182 e. The molecule has 1 saturated carbocycles. The van der Waals surface area contributed by atoms with Crippen LogP contribution in [0.15, 0.2) is 18.2 Å². The molecule has 0 atom stereocenters. The van der Waals surface area contributed by atoms with E-state index >= 15 is 0 Å². The maximum Gasteiger partial charge on any atom is 0.182 e. The highest BCUT2D eigenvalue weighted by Crippen LogP contribution is 2.32. The molecule has 0 unspecified atom stereocenters. The summed E-state index contributed by atoms with van der Waals surface area (Å²) in [6.07, 6.45) is 4.86. The van der Waals surface area contributed by atoms with E-state index in [0.717, 1.165) is 22.6 Å². The number of hydrogen-bond acceptors (Lipinski definition) is 4. The lowest BCUT2D eigenvalue weighted by atomic mass is 10.1. The zero-order chi connectivity index (χ0) is 12.5. The lowest BCUT2D eigenvalue weighted by Gasteiger charge is -2.12. The Morgan fingerprint density at radius 3 is 2.72 bits per heavy atom. The standard InChI is InChI=1S/C13H17N5/c1-9-6-10(8-11(14)7-9)13-15-16-17-18(13)12-4-2-3-5-12/h6-8,12H,2-5,14H2,1H3. The van der Waals surface area contributed by atoms with Crippen LogP contribution in [0.2, 0.25) is 0 Å². The number of aromatic nitrogens is 4. The molecule has 1 aliphatic carbocycles. The van der Waals surface area contributed by atoms with Gasteiger partial charge in [0.05, 0.1) is 6.04 Å². The van der Waals surface area contributed by atoms with Crippen molar-refractivity contribution in [1.82, 2.24) is 20.2 Å². The Labute approximate surface area is 106 Å². The molecule has 0 radical (unpaired) electrons. The Hall–Kier alpha value is -1.91. The summed E-state index contributed by atoms with van der Waals surface area (Å²) in [6.45, 7) is 2.03. The average Bonchev–Trinajstić information content (AvgIpc) is 2.98. The lowest BCUT2D eigenvalue weighted by Crippen LogP contribution is -2.09. The molecule has 1 fully saturated rings. The third-order valence-electron chi connectivity index (χ3n) is 3.52. The Kier molecular flexibility index (Phi) is 2.74. The first-order chi connectivity index (χ1) is 8.74. The van der Waals surface area contributed by atoms with Gasteiger partial charge in [-0.3, -0.25) is 0 Å². The van der Waals surface area contributed by atoms with Crippen molar-refractivity contribution in [3.63, 3.8) is 0 Å². The topological polar surface area (TPSA) is 69.6 Å². The van der Waals surface area contributed by atoms with Gasteiger partial charge in [0.25, 0.3) is 0 Å². The zero-order valence-electron chi connectivity index (χ0n) is 10.5. The molecule has 1 aliphatic rings. The lowest BCUT2D eigenvalue weighted by molar-refractivity contribution is 0.458. The van der Waals surface area contributed by atoms with E-state index in [1.807, 2.05) is 23.7 Å². The van der Waals surface area contributed by atoms with Gasteiger partial charge in [-0.25, -0.2) is 4.68 Å². The summed E-state index contributed by atoms with van der Waals surface area (Å²) in [5.74, 6) is 0.831. The fourth-order valence-corrected chi connectivity index (χ4v) is 2.72. The normalized spacial score (nSPS) is 16.3. The third-order valence-corrected chi connectivity index (χ3v) is 3.52. The van der Waals surface area contributed by atoms with Crippen LogP contribution in [-0.4, -0.2) is 20.2 Å². The number of nitrogens with zero attached hydrogens (tertiary/aromatic N) is 4. The molecule has 94 valence electrons. The predicted octanol–water partition coefficient (Wildman–Crippen LogP) is 2.35. The highest BCUT2D eigenvalue weighted by atomic mass is 15.5. The number of rotatable bonds is 2. The Morgan fingerprint density at radius 1 is 1.22 bits per heavy atom. The molecule has 0 saturated heterocycles. The first kappa shape index (κ1) is 11.2. The maximum absolute atomic E-state index is 5.89. The second-order valence-corrected chi connectivity index (χ2v) is 5.02. The monoisotopic (exact) mass is 243 g/mol. The summed E-state index contributed by atoms with van der Waals surface area (Å²) in [6, 6.07) is 6.40. The maximum atomic E-state index is 5.89. The second-order valence-electron chi connectivity index (χ2n) is 5.02. The molecule has 1 heterocycles. The molecular weight excluding hydrogens is 226 g/mol. The molecule has 5 heteroatoms. The van der Waals surface area contributed by atoms with Crippen LogP contribution in [0.1, 0.15) is 37.3 Å². The van der Waals surface area contributed by atoms with E-state index in [1.54, 1.807) is 0 Å². The summed E-state index contributed by atoms with van der Waals surface area (Å²) in [5, 5.41) is 12.1. The largest absolute Gasteiger partial charge is 0.399 e. The molecule has 1 aromatic carbocycles. The Morgan fingerprint density at radius 2 is 2.00 bits per heavy atom.